The van der Waals surface area contributed by atoms with Crippen molar-refractivity contribution in [3.63, 3.8) is 0 Å². The first-order valence-corrected chi connectivity index (χ1v) is 6.76. The molecule has 23 heavy (non-hydrogen) atoms. The number of hydroxylamine groups is 2. The van der Waals surface area contributed by atoms with Crippen LogP contribution in [0.4, 0.5) is 14.6 Å². The first kappa shape index (κ1) is 16.8. The lowest BCUT2D eigenvalue weighted by Crippen LogP contribution is -2.25. The number of carbonyl (C=O) groups is 2. The number of nitrogens with zero attached hydrogens (tertiary/aromatic N) is 2. The molecule has 0 fully saturated rings. The lowest BCUT2D eigenvalue weighted by molar-refractivity contribution is -0.113. The molecule has 8 heteroatoms. The van der Waals surface area contributed by atoms with Crippen LogP contribution in [-0.4, -0.2) is 36.0 Å². The van der Waals surface area contributed by atoms with Gasteiger partial charge in [0.1, 0.15) is 17.5 Å². The Morgan fingerprint density at radius 3 is 2.61 bits per heavy atom. The fraction of sp³-hybridized carbons (Fsp3) is 0.267. The average molecular weight is 323 g/mol. The number of rotatable bonds is 4. The summed E-state index contributed by atoms with van der Waals surface area (Å²) in [6.07, 6.45) is 1.93. The third-order valence-corrected chi connectivity index (χ3v) is 3.27. The van der Waals surface area contributed by atoms with E-state index in [1.54, 1.807) is 0 Å². The molecule has 0 saturated carbocycles. The first-order chi connectivity index (χ1) is 10.9. The van der Waals surface area contributed by atoms with E-state index in [-0.39, 0.29) is 29.8 Å². The van der Waals surface area contributed by atoms with E-state index < -0.39 is 23.5 Å². The summed E-state index contributed by atoms with van der Waals surface area (Å²) in [5, 5.41) is 3.44. The van der Waals surface area contributed by atoms with Gasteiger partial charge in [-0.25, -0.2) is 18.8 Å². The minimum absolute atomic E-state index is 0.0135. The molecule has 2 rings (SSSR count). The van der Waals surface area contributed by atoms with Gasteiger partial charge in [0, 0.05) is 25.7 Å². The second-order valence-electron chi connectivity index (χ2n) is 4.79. The largest absolute Gasteiger partial charge is 0.307 e. The highest BCUT2D eigenvalue weighted by atomic mass is 19.1. The second kappa shape index (κ2) is 7.10. The minimum atomic E-state index is -0.889. The summed E-state index contributed by atoms with van der Waals surface area (Å²) in [6, 6.07) is 2.86. The second-order valence-corrected chi connectivity index (χ2v) is 4.79. The Morgan fingerprint density at radius 1 is 1.30 bits per heavy atom. The zero-order chi connectivity index (χ0) is 17.0. The van der Waals surface area contributed by atoms with E-state index in [1.165, 1.54) is 32.5 Å². The molecule has 0 atom stereocenters. The maximum Gasteiger partial charge on any atom is 0.278 e. The molecule has 1 N–H and O–H groups in total. The molecule has 0 bridgehead atoms. The molecule has 1 aromatic heterocycles. The highest BCUT2D eigenvalue weighted by Crippen LogP contribution is 2.26. The predicted molar refractivity (Wildman–Crippen MR) is 78.5 cm³/mol. The number of aromatic nitrogens is 1. The van der Waals surface area contributed by atoms with Crippen LogP contribution >= 0.6 is 0 Å². The van der Waals surface area contributed by atoms with Gasteiger partial charge < -0.3 is 5.32 Å². The number of amides is 2. The molecule has 6 nitrogen and oxygen atoms in total. The van der Waals surface area contributed by atoms with E-state index in [0.29, 0.717) is 6.08 Å². The van der Waals surface area contributed by atoms with Crippen molar-refractivity contribution < 1.29 is 23.2 Å². The molecular weight excluding hydrogens is 308 g/mol. The third-order valence-electron chi connectivity index (χ3n) is 3.27. The van der Waals surface area contributed by atoms with Gasteiger partial charge in [0.2, 0.25) is 0 Å². The molecule has 1 heterocycles. The van der Waals surface area contributed by atoms with Crippen molar-refractivity contribution in [3.8, 4) is 0 Å². The molecule has 0 radical (unpaired) electrons. The van der Waals surface area contributed by atoms with Crippen molar-refractivity contribution in [2.45, 2.75) is 12.8 Å². The number of nitrogens with one attached hydrogen (secondary N) is 1. The summed E-state index contributed by atoms with van der Waals surface area (Å²) in [5.74, 6) is -2.42. The highest BCUT2D eigenvalue weighted by molar-refractivity contribution is 6.04. The first-order valence-electron chi connectivity index (χ1n) is 6.76. The van der Waals surface area contributed by atoms with Gasteiger partial charge in [-0.3, -0.25) is 14.4 Å². The lowest BCUT2D eigenvalue weighted by atomic mass is 10.0. The van der Waals surface area contributed by atoms with Crippen LogP contribution in [0.5, 0.6) is 0 Å². The Kier molecular flexibility index (Phi) is 5.17. The predicted octanol–water partition coefficient (Wildman–Crippen LogP) is 2.52. The number of pyridine rings is 1. The zero-order valence-corrected chi connectivity index (χ0v) is 12.6. The molecule has 0 saturated heterocycles. The van der Waals surface area contributed by atoms with E-state index in [9.17, 15) is 18.4 Å². The quantitative estimate of drug-likeness (QED) is 0.864. The van der Waals surface area contributed by atoms with Gasteiger partial charge in [0.25, 0.3) is 11.8 Å². The molecule has 0 aromatic carbocycles. The number of halogens is 2. The van der Waals surface area contributed by atoms with Crippen LogP contribution < -0.4 is 5.32 Å². The number of carbonyl (C=O) groups excluding carboxylic acids is 2. The number of hydrogen-bond acceptors (Lipinski definition) is 4. The molecule has 1 aromatic rings. The molecule has 1 aliphatic rings. The summed E-state index contributed by atoms with van der Waals surface area (Å²) >= 11 is 0. The van der Waals surface area contributed by atoms with Crippen LogP contribution in [0.15, 0.2) is 41.6 Å². The van der Waals surface area contributed by atoms with E-state index >= 15 is 0 Å². The SMILES string of the molecule is CON(C)C(=O)c1ccc(NC(=O)C2=C(F)C=C(F)CC2)nc1. The fourth-order valence-corrected chi connectivity index (χ4v) is 1.93. The minimum Gasteiger partial charge on any atom is -0.307 e. The van der Waals surface area contributed by atoms with Crippen molar-refractivity contribution in [2.75, 3.05) is 19.5 Å². The van der Waals surface area contributed by atoms with E-state index in [4.69, 9.17) is 4.84 Å². The summed E-state index contributed by atoms with van der Waals surface area (Å²) in [4.78, 5) is 32.5. The van der Waals surface area contributed by atoms with Crippen LogP contribution in [0.2, 0.25) is 0 Å². The van der Waals surface area contributed by atoms with Crippen LogP contribution in [0, 0.1) is 0 Å². The van der Waals surface area contributed by atoms with Crippen molar-refractivity contribution >= 4 is 17.6 Å². The van der Waals surface area contributed by atoms with Gasteiger partial charge in [-0.05, 0) is 18.6 Å². The monoisotopic (exact) mass is 323 g/mol. The van der Waals surface area contributed by atoms with Gasteiger partial charge in [-0.1, -0.05) is 0 Å². The van der Waals surface area contributed by atoms with Gasteiger partial charge in [0.15, 0.2) is 0 Å². The Morgan fingerprint density at radius 2 is 2.04 bits per heavy atom. The smallest absolute Gasteiger partial charge is 0.278 e. The topological polar surface area (TPSA) is 71.5 Å². The molecule has 0 aliphatic heterocycles. The summed E-state index contributed by atoms with van der Waals surface area (Å²) in [7, 11) is 2.80. The van der Waals surface area contributed by atoms with Crippen molar-refractivity contribution in [1.29, 1.82) is 0 Å². The van der Waals surface area contributed by atoms with Gasteiger partial charge in [-0.2, -0.15) is 0 Å². The fourth-order valence-electron chi connectivity index (χ4n) is 1.93. The number of hydrogen-bond donors (Lipinski definition) is 1. The number of allylic oxidation sites excluding steroid dienone is 3. The standard InChI is InChI=1S/C15H15F2N3O3/c1-20(23-2)15(22)9-3-6-13(18-8-9)19-14(21)11-5-4-10(16)7-12(11)17/h3,6-8H,4-5H2,1-2H3,(H,18,19,21). The van der Waals surface area contributed by atoms with Crippen molar-refractivity contribution in [3.05, 3.63) is 47.2 Å². The maximum atomic E-state index is 13.6. The van der Waals surface area contributed by atoms with Crippen LogP contribution in [-0.2, 0) is 9.63 Å². The molecular formula is C15H15F2N3O3. The van der Waals surface area contributed by atoms with Gasteiger partial charge in [0.05, 0.1) is 18.2 Å². The Hall–Kier alpha value is -2.61. The summed E-state index contributed by atoms with van der Waals surface area (Å²) in [5.41, 5.74) is 0.132. The third kappa shape index (κ3) is 3.98. The maximum absolute atomic E-state index is 13.6. The Labute approximate surface area is 131 Å². The molecule has 0 spiro atoms. The zero-order valence-electron chi connectivity index (χ0n) is 12.6. The Balaban J connectivity index is 2.08. The Bertz CT molecular complexity index is 684. The number of anilines is 1. The van der Waals surface area contributed by atoms with Crippen LogP contribution in [0.1, 0.15) is 23.2 Å². The molecule has 2 amide bonds. The van der Waals surface area contributed by atoms with E-state index in [2.05, 4.69) is 10.3 Å². The van der Waals surface area contributed by atoms with E-state index in [1.807, 2.05) is 0 Å². The van der Waals surface area contributed by atoms with Crippen LogP contribution in [0.3, 0.4) is 0 Å². The van der Waals surface area contributed by atoms with Gasteiger partial charge in [-0.15, -0.1) is 0 Å². The summed E-state index contributed by atoms with van der Waals surface area (Å²) < 4.78 is 26.5. The molecule has 122 valence electrons. The normalized spacial score (nSPS) is 14.3. The van der Waals surface area contributed by atoms with Gasteiger partial charge >= 0.3 is 0 Å². The summed E-state index contributed by atoms with van der Waals surface area (Å²) in [6.45, 7) is 0. The molecule has 1 aliphatic carbocycles. The highest BCUT2D eigenvalue weighted by Gasteiger charge is 2.20. The molecule has 0 unspecified atom stereocenters. The van der Waals surface area contributed by atoms with Crippen molar-refractivity contribution in [1.82, 2.24) is 10.0 Å². The lowest BCUT2D eigenvalue weighted by Gasteiger charge is -2.14. The van der Waals surface area contributed by atoms with E-state index in [0.717, 1.165) is 5.06 Å². The average Bonchev–Trinajstić information content (AvgIpc) is 2.54. The van der Waals surface area contributed by atoms with Crippen molar-refractivity contribution in [2.24, 2.45) is 0 Å². The van der Waals surface area contributed by atoms with Crippen LogP contribution in [0.25, 0.3) is 0 Å².